The van der Waals surface area contributed by atoms with Crippen molar-refractivity contribution in [2.24, 2.45) is 5.92 Å². The van der Waals surface area contributed by atoms with E-state index in [1.807, 2.05) is 12.1 Å². The Balaban J connectivity index is 2.32. The SMILES string of the molecule is N#CC(C#N)[C@H](CC(=O)c1ccccc1)c1ccc(C(F)(F)F)cc1. The molecule has 2 aromatic rings. The van der Waals surface area contributed by atoms with Crippen molar-refractivity contribution in [3.63, 3.8) is 0 Å². The van der Waals surface area contributed by atoms with Crippen molar-refractivity contribution in [1.29, 1.82) is 10.5 Å². The zero-order valence-corrected chi connectivity index (χ0v) is 13.0. The molecule has 0 saturated heterocycles. The molecule has 0 bridgehead atoms. The normalized spacial score (nSPS) is 12.2. The second-order valence-corrected chi connectivity index (χ2v) is 5.46. The van der Waals surface area contributed by atoms with Crippen LogP contribution < -0.4 is 0 Å². The smallest absolute Gasteiger partial charge is 0.294 e. The third kappa shape index (κ3) is 4.45. The highest BCUT2D eigenvalue weighted by molar-refractivity contribution is 5.96. The molecule has 0 N–H and O–H groups in total. The molecule has 0 aliphatic carbocycles. The van der Waals surface area contributed by atoms with Gasteiger partial charge < -0.3 is 0 Å². The Bertz CT molecular complexity index is 801. The molecule has 0 radical (unpaired) electrons. The highest BCUT2D eigenvalue weighted by Gasteiger charge is 2.31. The second kappa shape index (κ2) is 7.63. The first kappa shape index (κ1) is 18.2. The third-order valence-electron chi connectivity index (χ3n) is 3.85. The van der Waals surface area contributed by atoms with Crippen LogP contribution in [0.1, 0.15) is 33.8 Å². The van der Waals surface area contributed by atoms with Crippen molar-refractivity contribution in [1.82, 2.24) is 0 Å². The van der Waals surface area contributed by atoms with Crippen LogP contribution in [0, 0.1) is 28.6 Å². The van der Waals surface area contributed by atoms with Crippen molar-refractivity contribution in [2.45, 2.75) is 18.5 Å². The van der Waals surface area contributed by atoms with Gasteiger partial charge in [-0.3, -0.25) is 4.79 Å². The summed E-state index contributed by atoms with van der Waals surface area (Å²) in [6.07, 6.45) is -4.61. The average molecular weight is 342 g/mol. The molecule has 2 rings (SSSR count). The second-order valence-electron chi connectivity index (χ2n) is 5.46. The third-order valence-corrected chi connectivity index (χ3v) is 3.85. The van der Waals surface area contributed by atoms with Crippen LogP contribution >= 0.6 is 0 Å². The predicted octanol–water partition coefficient (Wildman–Crippen LogP) is 4.73. The Morgan fingerprint density at radius 3 is 2.00 bits per heavy atom. The topological polar surface area (TPSA) is 64.7 Å². The van der Waals surface area contributed by atoms with Crippen molar-refractivity contribution < 1.29 is 18.0 Å². The average Bonchev–Trinajstić information content (AvgIpc) is 2.62. The molecule has 0 fully saturated rings. The van der Waals surface area contributed by atoms with E-state index in [1.165, 1.54) is 12.1 Å². The van der Waals surface area contributed by atoms with Gasteiger partial charge in [0.15, 0.2) is 5.78 Å². The van der Waals surface area contributed by atoms with Gasteiger partial charge in [0, 0.05) is 17.9 Å². The minimum Gasteiger partial charge on any atom is -0.294 e. The first-order valence-corrected chi connectivity index (χ1v) is 7.41. The molecule has 0 aliphatic rings. The van der Waals surface area contributed by atoms with E-state index >= 15 is 0 Å². The van der Waals surface area contributed by atoms with Crippen LogP contribution in [0.3, 0.4) is 0 Å². The minimum atomic E-state index is -4.47. The lowest BCUT2D eigenvalue weighted by Gasteiger charge is -2.18. The fraction of sp³-hybridized carbons (Fsp3) is 0.211. The molecule has 0 amide bonds. The van der Waals surface area contributed by atoms with Gasteiger partial charge in [0.2, 0.25) is 0 Å². The lowest BCUT2D eigenvalue weighted by Crippen LogP contribution is -2.15. The number of carbonyl (C=O) groups is 1. The van der Waals surface area contributed by atoms with Crippen molar-refractivity contribution in [3.8, 4) is 12.1 Å². The molecule has 126 valence electrons. The molecular formula is C19H13F3N2O. The lowest BCUT2D eigenvalue weighted by molar-refractivity contribution is -0.137. The van der Waals surface area contributed by atoms with E-state index in [-0.39, 0.29) is 12.2 Å². The Morgan fingerprint density at radius 1 is 0.960 bits per heavy atom. The van der Waals surface area contributed by atoms with Crippen LogP contribution in [0.25, 0.3) is 0 Å². The molecule has 6 heteroatoms. The molecule has 1 atom stereocenters. The summed E-state index contributed by atoms with van der Waals surface area (Å²) in [5, 5.41) is 18.3. The Kier molecular flexibility index (Phi) is 5.56. The molecular weight excluding hydrogens is 329 g/mol. The van der Waals surface area contributed by atoms with E-state index in [4.69, 9.17) is 10.5 Å². The molecule has 3 nitrogen and oxygen atoms in total. The van der Waals surface area contributed by atoms with Crippen LogP contribution in [0.2, 0.25) is 0 Å². The summed E-state index contributed by atoms with van der Waals surface area (Å²) >= 11 is 0. The Hall–Kier alpha value is -3.12. The summed E-state index contributed by atoms with van der Waals surface area (Å²) in [7, 11) is 0. The molecule has 0 heterocycles. The van der Waals surface area contributed by atoms with Crippen LogP contribution in [-0.4, -0.2) is 5.78 Å². The van der Waals surface area contributed by atoms with E-state index in [9.17, 15) is 18.0 Å². The van der Waals surface area contributed by atoms with Gasteiger partial charge in [0.05, 0.1) is 17.7 Å². The Labute approximate surface area is 142 Å². The van der Waals surface area contributed by atoms with Gasteiger partial charge in [-0.25, -0.2) is 0 Å². The zero-order valence-electron chi connectivity index (χ0n) is 13.0. The van der Waals surface area contributed by atoms with E-state index in [0.717, 1.165) is 12.1 Å². The molecule has 0 saturated carbocycles. The number of Topliss-reactive ketones (excluding diaryl/α,β-unsaturated/α-hetero) is 1. The summed E-state index contributed by atoms with van der Waals surface area (Å²) < 4.78 is 38.1. The number of alkyl halides is 3. The van der Waals surface area contributed by atoms with Gasteiger partial charge in [-0.1, -0.05) is 42.5 Å². The van der Waals surface area contributed by atoms with Gasteiger partial charge in [0.1, 0.15) is 5.92 Å². The number of nitriles is 2. The summed E-state index contributed by atoms with van der Waals surface area (Å²) in [5.74, 6) is -2.21. The quantitative estimate of drug-likeness (QED) is 0.738. The fourth-order valence-corrected chi connectivity index (χ4v) is 2.50. The zero-order chi connectivity index (χ0) is 18.4. The van der Waals surface area contributed by atoms with Crippen LogP contribution in [0.15, 0.2) is 54.6 Å². The first-order chi connectivity index (χ1) is 11.9. The molecule has 0 spiro atoms. The predicted molar refractivity (Wildman–Crippen MR) is 84.3 cm³/mol. The standard InChI is InChI=1S/C19H13F3N2O/c20-19(21,22)16-8-6-13(7-9-16)17(15(11-23)12-24)10-18(25)14-4-2-1-3-5-14/h1-9,15,17H,10H2/t17-/m1/s1. The van der Waals surface area contributed by atoms with E-state index in [1.54, 1.807) is 30.3 Å². The van der Waals surface area contributed by atoms with Gasteiger partial charge in [-0.2, -0.15) is 23.7 Å². The monoisotopic (exact) mass is 342 g/mol. The van der Waals surface area contributed by atoms with E-state index < -0.39 is 23.6 Å². The number of hydrogen-bond donors (Lipinski definition) is 0. The summed E-state index contributed by atoms with van der Waals surface area (Å²) in [6, 6.07) is 16.2. The number of rotatable bonds is 5. The summed E-state index contributed by atoms with van der Waals surface area (Å²) in [5.41, 5.74) is -0.0470. The maximum atomic E-state index is 12.7. The summed E-state index contributed by atoms with van der Waals surface area (Å²) in [4.78, 5) is 12.4. The number of ketones is 1. The van der Waals surface area contributed by atoms with Crippen LogP contribution in [0.5, 0.6) is 0 Å². The summed E-state index contributed by atoms with van der Waals surface area (Å²) in [6.45, 7) is 0. The number of halogens is 3. The number of benzene rings is 2. The lowest BCUT2D eigenvalue weighted by atomic mass is 9.82. The largest absolute Gasteiger partial charge is 0.416 e. The maximum absolute atomic E-state index is 12.7. The van der Waals surface area contributed by atoms with Gasteiger partial charge in [0.25, 0.3) is 0 Å². The van der Waals surface area contributed by atoms with Gasteiger partial charge >= 0.3 is 6.18 Å². The molecule has 0 aliphatic heterocycles. The van der Waals surface area contributed by atoms with E-state index in [0.29, 0.717) is 11.1 Å². The van der Waals surface area contributed by atoms with Crippen molar-refractivity contribution in [2.75, 3.05) is 0 Å². The Morgan fingerprint density at radius 2 is 1.52 bits per heavy atom. The molecule has 0 aromatic heterocycles. The van der Waals surface area contributed by atoms with Gasteiger partial charge in [-0.05, 0) is 17.7 Å². The molecule has 2 aromatic carbocycles. The highest BCUT2D eigenvalue weighted by atomic mass is 19.4. The number of nitrogens with zero attached hydrogens (tertiary/aromatic N) is 2. The first-order valence-electron chi connectivity index (χ1n) is 7.41. The highest BCUT2D eigenvalue weighted by Crippen LogP contribution is 2.33. The minimum absolute atomic E-state index is 0.138. The van der Waals surface area contributed by atoms with Crippen LogP contribution in [0.4, 0.5) is 13.2 Å². The van der Waals surface area contributed by atoms with Crippen molar-refractivity contribution >= 4 is 5.78 Å². The molecule has 25 heavy (non-hydrogen) atoms. The number of carbonyl (C=O) groups excluding carboxylic acids is 1. The van der Waals surface area contributed by atoms with Crippen molar-refractivity contribution in [3.05, 3.63) is 71.3 Å². The molecule has 0 unspecified atom stereocenters. The van der Waals surface area contributed by atoms with E-state index in [2.05, 4.69) is 0 Å². The number of hydrogen-bond acceptors (Lipinski definition) is 3. The van der Waals surface area contributed by atoms with Crippen LogP contribution in [-0.2, 0) is 6.18 Å². The van der Waals surface area contributed by atoms with Gasteiger partial charge in [-0.15, -0.1) is 0 Å². The maximum Gasteiger partial charge on any atom is 0.416 e. The fourth-order valence-electron chi connectivity index (χ4n) is 2.50.